The molecule has 0 saturated carbocycles. The summed E-state index contributed by atoms with van der Waals surface area (Å²) in [5.74, 6) is -1.06. The summed E-state index contributed by atoms with van der Waals surface area (Å²) in [4.78, 5) is 45.7. The Morgan fingerprint density at radius 3 is 2.12 bits per heavy atom. The summed E-state index contributed by atoms with van der Waals surface area (Å²) in [6, 6.07) is 18.7. The smallest absolute Gasteiger partial charge is 0.255 e. The molecule has 226 valence electrons. The van der Waals surface area contributed by atoms with Crippen molar-refractivity contribution < 1.29 is 18.8 Å². The number of hydrogen-bond donors (Lipinski definition) is 2. The number of amides is 3. The molecule has 5 rings (SSSR count). The molecule has 0 aromatic heterocycles. The summed E-state index contributed by atoms with van der Waals surface area (Å²) in [5.41, 5.74) is 3.76. The average molecular weight is 586 g/mol. The minimum atomic E-state index is -0.499. The van der Waals surface area contributed by atoms with E-state index >= 15 is 0 Å². The van der Waals surface area contributed by atoms with Gasteiger partial charge in [0.1, 0.15) is 5.82 Å². The maximum atomic E-state index is 13.9. The van der Waals surface area contributed by atoms with E-state index in [1.165, 1.54) is 23.8 Å². The number of anilines is 2. The van der Waals surface area contributed by atoms with E-state index in [2.05, 4.69) is 36.3 Å². The third-order valence-corrected chi connectivity index (χ3v) is 8.10. The Bertz CT molecular complexity index is 1480. The van der Waals surface area contributed by atoms with Gasteiger partial charge >= 0.3 is 0 Å². The number of piperazine rings is 1. The molecule has 2 saturated heterocycles. The second-order valence-corrected chi connectivity index (χ2v) is 12.2. The summed E-state index contributed by atoms with van der Waals surface area (Å²) in [7, 11) is 0. The Morgan fingerprint density at radius 1 is 0.744 bits per heavy atom. The van der Waals surface area contributed by atoms with Crippen LogP contribution in [0.25, 0.3) is 0 Å². The minimum absolute atomic E-state index is 0.00101. The lowest BCUT2D eigenvalue weighted by molar-refractivity contribution is 0.0734. The van der Waals surface area contributed by atoms with Crippen molar-refractivity contribution in [2.45, 2.75) is 32.6 Å². The van der Waals surface area contributed by atoms with Crippen molar-refractivity contribution in [3.05, 3.63) is 94.8 Å². The van der Waals surface area contributed by atoms with Gasteiger partial charge < -0.3 is 25.3 Å². The van der Waals surface area contributed by atoms with Gasteiger partial charge in [-0.3, -0.25) is 14.4 Å². The van der Waals surface area contributed by atoms with E-state index in [-0.39, 0.29) is 22.8 Å². The fraction of sp³-hybridized carbons (Fsp3) is 0.382. The predicted molar refractivity (Wildman–Crippen MR) is 167 cm³/mol. The van der Waals surface area contributed by atoms with Gasteiger partial charge in [-0.15, -0.1) is 0 Å². The topological polar surface area (TPSA) is 85.0 Å². The molecule has 2 aliphatic heterocycles. The number of carbonyl (C=O) groups is 3. The maximum absolute atomic E-state index is 13.9. The molecule has 3 amide bonds. The van der Waals surface area contributed by atoms with Crippen LogP contribution in [-0.4, -0.2) is 79.9 Å². The first-order valence-electron chi connectivity index (χ1n) is 15.0. The lowest BCUT2D eigenvalue weighted by Gasteiger charge is -2.29. The molecule has 43 heavy (non-hydrogen) atoms. The molecule has 0 spiro atoms. The molecule has 0 unspecified atom stereocenters. The van der Waals surface area contributed by atoms with E-state index < -0.39 is 11.7 Å². The Balaban J connectivity index is 1.36. The fourth-order valence-corrected chi connectivity index (χ4v) is 5.58. The zero-order valence-corrected chi connectivity index (χ0v) is 25.2. The zero-order valence-electron chi connectivity index (χ0n) is 25.2. The largest absolute Gasteiger partial charge is 0.368 e. The van der Waals surface area contributed by atoms with E-state index in [4.69, 9.17) is 0 Å². The summed E-state index contributed by atoms with van der Waals surface area (Å²) < 4.78 is 13.9. The Kier molecular flexibility index (Phi) is 9.11. The number of benzene rings is 3. The maximum Gasteiger partial charge on any atom is 0.255 e. The van der Waals surface area contributed by atoms with Gasteiger partial charge in [-0.05, 0) is 65.9 Å². The standard InChI is InChI=1S/C34H40FN5O3/c1-34(2,3)27-11-8-24(9-12-27)32(42)39-17-5-16-38(20-21-39)30-13-10-26(33(43)40-18-14-36-15-19-40)23-29(30)37-31(41)25-6-4-7-28(35)22-25/h4,6-13,22-23,36H,5,14-21H2,1-3H3,(H,37,41). The van der Waals surface area contributed by atoms with E-state index in [9.17, 15) is 18.8 Å². The molecule has 2 fully saturated rings. The van der Waals surface area contributed by atoms with Gasteiger partial charge in [-0.25, -0.2) is 4.39 Å². The van der Waals surface area contributed by atoms with Crippen LogP contribution in [0.5, 0.6) is 0 Å². The SMILES string of the molecule is CC(C)(C)c1ccc(C(=O)N2CCCN(c3ccc(C(=O)N4CCNCC4)cc3NC(=O)c3cccc(F)c3)CC2)cc1. The molecule has 0 atom stereocenters. The van der Waals surface area contributed by atoms with Crippen molar-refractivity contribution in [1.29, 1.82) is 0 Å². The Morgan fingerprint density at radius 2 is 1.42 bits per heavy atom. The van der Waals surface area contributed by atoms with Crippen LogP contribution in [0.1, 0.15) is 63.8 Å². The van der Waals surface area contributed by atoms with Gasteiger partial charge in [-0.2, -0.15) is 0 Å². The molecule has 2 N–H and O–H groups in total. The quantitative estimate of drug-likeness (QED) is 0.451. The van der Waals surface area contributed by atoms with Gasteiger partial charge in [0.25, 0.3) is 17.7 Å². The van der Waals surface area contributed by atoms with Gasteiger partial charge in [0.15, 0.2) is 0 Å². The predicted octanol–water partition coefficient (Wildman–Crippen LogP) is 4.77. The third kappa shape index (κ3) is 7.22. The van der Waals surface area contributed by atoms with E-state index in [0.717, 1.165) is 25.2 Å². The number of carbonyl (C=O) groups excluding carboxylic acids is 3. The first-order chi connectivity index (χ1) is 20.6. The van der Waals surface area contributed by atoms with Crippen LogP contribution in [0.15, 0.2) is 66.7 Å². The van der Waals surface area contributed by atoms with E-state index in [1.807, 2.05) is 35.2 Å². The van der Waals surface area contributed by atoms with E-state index in [1.54, 1.807) is 23.1 Å². The molecule has 3 aromatic rings. The normalized spacial score (nSPS) is 16.0. The third-order valence-electron chi connectivity index (χ3n) is 8.10. The molecule has 0 bridgehead atoms. The number of halogens is 1. The van der Waals surface area contributed by atoms with Crippen LogP contribution >= 0.6 is 0 Å². The highest BCUT2D eigenvalue weighted by atomic mass is 19.1. The van der Waals surface area contributed by atoms with Crippen LogP contribution < -0.4 is 15.5 Å². The highest BCUT2D eigenvalue weighted by molar-refractivity contribution is 6.07. The van der Waals surface area contributed by atoms with Crippen molar-refractivity contribution >= 4 is 29.1 Å². The molecule has 2 heterocycles. The molecular weight excluding hydrogens is 545 g/mol. The van der Waals surface area contributed by atoms with Gasteiger partial charge in [-0.1, -0.05) is 39.0 Å². The van der Waals surface area contributed by atoms with Crippen LogP contribution in [0.2, 0.25) is 0 Å². The highest BCUT2D eigenvalue weighted by Crippen LogP contribution is 2.30. The molecule has 2 aliphatic rings. The van der Waals surface area contributed by atoms with Crippen molar-refractivity contribution in [2.24, 2.45) is 0 Å². The Hall–Kier alpha value is -4.24. The molecule has 8 nitrogen and oxygen atoms in total. The first-order valence-corrected chi connectivity index (χ1v) is 15.0. The second-order valence-electron chi connectivity index (χ2n) is 12.2. The second kappa shape index (κ2) is 13.0. The van der Waals surface area contributed by atoms with Crippen molar-refractivity contribution in [1.82, 2.24) is 15.1 Å². The van der Waals surface area contributed by atoms with Crippen molar-refractivity contribution in [3.63, 3.8) is 0 Å². The van der Waals surface area contributed by atoms with Crippen molar-refractivity contribution in [3.8, 4) is 0 Å². The van der Waals surface area contributed by atoms with Crippen LogP contribution in [0.3, 0.4) is 0 Å². The molecule has 0 aliphatic carbocycles. The first kappa shape index (κ1) is 30.2. The molecule has 3 aromatic carbocycles. The van der Waals surface area contributed by atoms with Crippen LogP contribution in [0, 0.1) is 5.82 Å². The Labute approximate surface area is 252 Å². The van der Waals surface area contributed by atoms with E-state index in [0.29, 0.717) is 56.1 Å². The number of hydrogen-bond acceptors (Lipinski definition) is 5. The summed E-state index contributed by atoms with van der Waals surface area (Å²) in [6.07, 6.45) is 0.741. The lowest BCUT2D eigenvalue weighted by Crippen LogP contribution is -2.46. The van der Waals surface area contributed by atoms with Gasteiger partial charge in [0, 0.05) is 69.0 Å². The molecule has 0 radical (unpaired) electrons. The minimum Gasteiger partial charge on any atom is -0.368 e. The monoisotopic (exact) mass is 585 g/mol. The summed E-state index contributed by atoms with van der Waals surface area (Å²) in [6.45, 7) is 11.5. The molecular formula is C34H40FN5O3. The summed E-state index contributed by atoms with van der Waals surface area (Å²) in [5, 5.41) is 6.19. The van der Waals surface area contributed by atoms with Crippen LogP contribution in [0.4, 0.5) is 15.8 Å². The fourth-order valence-electron chi connectivity index (χ4n) is 5.58. The van der Waals surface area contributed by atoms with Crippen molar-refractivity contribution in [2.75, 3.05) is 62.6 Å². The lowest BCUT2D eigenvalue weighted by atomic mass is 9.86. The number of nitrogens with zero attached hydrogens (tertiary/aromatic N) is 3. The van der Waals surface area contributed by atoms with Crippen LogP contribution in [-0.2, 0) is 5.41 Å². The molecule has 9 heteroatoms. The van der Waals surface area contributed by atoms with Gasteiger partial charge in [0.2, 0.25) is 0 Å². The number of nitrogens with one attached hydrogen (secondary N) is 2. The van der Waals surface area contributed by atoms with Gasteiger partial charge in [0.05, 0.1) is 11.4 Å². The average Bonchev–Trinajstić information content (AvgIpc) is 3.27. The zero-order chi connectivity index (χ0) is 30.6. The highest BCUT2D eigenvalue weighted by Gasteiger charge is 2.25. The number of rotatable bonds is 5. The summed E-state index contributed by atoms with van der Waals surface area (Å²) >= 11 is 0.